The molecule has 0 aliphatic carbocycles. The van der Waals surface area contributed by atoms with Gasteiger partial charge in [0.1, 0.15) is 5.75 Å². The van der Waals surface area contributed by atoms with Gasteiger partial charge in [-0.15, -0.1) is 11.6 Å². The van der Waals surface area contributed by atoms with E-state index in [1.165, 1.54) is 5.56 Å². The number of amides is 1. The van der Waals surface area contributed by atoms with Gasteiger partial charge in [-0.3, -0.25) is 4.79 Å². The molecule has 3 nitrogen and oxygen atoms in total. The molecule has 0 aliphatic rings. The molecule has 0 atom stereocenters. The minimum atomic E-state index is -0.00999. The molecule has 0 N–H and O–H groups in total. The zero-order chi connectivity index (χ0) is 13.7. The first-order chi connectivity index (χ1) is 8.51. The summed E-state index contributed by atoms with van der Waals surface area (Å²) in [7, 11) is 3.35. The molecule has 1 aromatic rings. The van der Waals surface area contributed by atoms with E-state index >= 15 is 0 Å². The lowest BCUT2D eigenvalue weighted by molar-refractivity contribution is -0.117. The Morgan fingerprint density at radius 2 is 2.11 bits per heavy atom. The van der Waals surface area contributed by atoms with Gasteiger partial charge in [-0.1, -0.05) is 19.9 Å². The van der Waals surface area contributed by atoms with E-state index in [1.54, 1.807) is 19.1 Å². The Morgan fingerprint density at radius 3 is 2.61 bits per heavy atom. The number of ether oxygens (including phenoxy) is 1. The normalized spacial score (nSPS) is 10.6. The lowest BCUT2D eigenvalue weighted by Crippen LogP contribution is -2.26. The van der Waals surface area contributed by atoms with E-state index in [1.807, 2.05) is 18.2 Å². The van der Waals surface area contributed by atoms with Crippen molar-refractivity contribution in [2.24, 2.45) is 0 Å². The molecule has 0 spiro atoms. The molecule has 1 amide bonds. The predicted molar refractivity (Wildman–Crippen MR) is 75.8 cm³/mol. The second-order valence-corrected chi connectivity index (χ2v) is 4.86. The van der Waals surface area contributed by atoms with Crippen molar-refractivity contribution in [3.63, 3.8) is 0 Å². The van der Waals surface area contributed by atoms with Crippen LogP contribution in [0, 0.1) is 0 Å². The van der Waals surface area contributed by atoms with E-state index in [0.29, 0.717) is 24.0 Å². The van der Waals surface area contributed by atoms with Crippen molar-refractivity contribution in [2.75, 3.05) is 24.9 Å². The minimum Gasteiger partial charge on any atom is -0.495 e. The molecule has 0 bridgehead atoms. The van der Waals surface area contributed by atoms with E-state index in [9.17, 15) is 4.79 Å². The fourth-order valence-electron chi connectivity index (χ4n) is 1.71. The second-order valence-electron chi connectivity index (χ2n) is 4.48. The molecule has 1 rings (SSSR count). The van der Waals surface area contributed by atoms with Crippen LogP contribution in [0.4, 0.5) is 5.69 Å². The monoisotopic (exact) mass is 269 g/mol. The first-order valence-electron chi connectivity index (χ1n) is 6.01. The average molecular weight is 270 g/mol. The van der Waals surface area contributed by atoms with Gasteiger partial charge in [0.25, 0.3) is 0 Å². The first kappa shape index (κ1) is 14.8. The Labute approximate surface area is 114 Å². The summed E-state index contributed by atoms with van der Waals surface area (Å²) >= 11 is 5.60. The Kier molecular flexibility index (Phi) is 5.48. The highest BCUT2D eigenvalue weighted by atomic mass is 35.5. The van der Waals surface area contributed by atoms with Crippen molar-refractivity contribution in [1.82, 2.24) is 0 Å². The van der Waals surface area contributed by atoms with Gasteiger partial charge in [0.15, 0.2) is 0 Å². The Hall–Kier alpha value is -1.22. The van der Waals surface area contributed by atoms with Crippen molar-refractivity contribution in [3.05, 3.63) is 23.8 Å². The molecule has 4 heteroatoms. The quantitative estimate of drug-likeness (QED) is 0.767. The molecule has 0 saturated heterocycles. The molecular weight excluding hydrogens is 250 g/mol. The number of rotatable bonds is 5. The Bertz CT molecular complexity index is 418. The molecule has 1 aromatic carbocycles. The molecule has 100 valence electrons. The number of hydrogen-bond acceptors (Lipinski definition) is 2. The number of hydrogen-bond donors (Lipinski definition) is 0. The maximum atomic E-state index is 11.9. The summed E-state index contributed by atoms with van der Waals surface area (Å²) in [5, 5.41) is 0. The second kappa shape index (κ2) is 6.64. The maximum Gasteiger partial charge on any atom is 0.228 e. The van der Waals surface area contributed by atoms with Crippen LogP contribution >= 0.6 is 11.6 Å². The first-order valence-corrected chi connectivity index (χ1v) is 6.55. The van der Waals surface area contributed by atoms with E-state index in [-0.39, 0.29) is 5.91 Å². The van der Waals surface area contributed by atoms with E-state index in [2.05, 4.69) is 13.8 Å². The van der Waals surface area contributed by atoms with E-state index in [0.717, 1.165) is 5.69 Å². The van der Waals surface area contributed by atoms with Crippen LogP contribution in [0.25, 0.3) is 0 Å². The van der Waals surface area contributed by atoms with Gasteiger partial charge < -0.3 is 9.64 Å². The summed E-state index contributed by atoms with van der Waals surface area (Å²) in [4.78, 5) is 13.5. The molecule has 18 heavy (non-hydrogen) atoms. The minimum absolute atomic E-state index is 0.00999. The van der Waals surface area contributed by atoms with Gasteiger partial charge in [0, 0.05) is 19.3 Å². The lowest BCUT2D eigenvalue weighted by atomic mass is 10.0. The van der Waals surface area contributed by atoms with Crippen LogP contribution in [0.3, 0.4) is 0 Å². The highest BCUT2D eigenvalue weighted by Gasteiger charge is 2.16. The number of carbonyl (C=O) groups excluding carboxylic acids is 1. The topological polar surface area (TPSA) is 29.5 Å². The summed E-state index contributed by atoms with van der Waals surface area (Å²) in [6, 6.07) is 5.91. The molecule has 0 saturated carbocycles. The zero-order valence-corrected chi connectivity index (χ0v) is 12.1. The number of nitrogens with zero attached hydrogens (tertiary/aromatic N) is 1. The third-order valence-electron chi connectivity index (χ3n) is 2.91. The Balaban J connectivity index is 3.11. The highest BCUT2D eigenvalue weighted by Crippen LogP contribution is 2.31. The van der Waals surface area contributed by atoms with Gasteiger partial charge >= 0.3 is 0 Å². The third-order valence-corrected chi connectivity index (χ3v) is 3.10. The SMILES string of the molecule is COc1ccc(C(C)C)cc1N(C)C(=O)CCCl. The fraction of sp³-hybridized carbons (Fsp3) is 0.500. The van der Waals surface area contributed by atoms with Crippen molar-refractivity contribution in [1.29, 1.82) is 0 Å². The largest absolute Gasteiger partial charge is 0.495 e. The van der Waals surface area contributed by atoms with Crippen LogP contribution in [-0.2, 0) is 4.79 Å². The van der Waals surface area contributed by atoms with Crippen molar-refractivity contribution in [3.8, 4) is 5.75 Å². The molecule has 0 aliphatic heterocycles. The average Bonchev–Trinajstić information content (AvgIpc) is 2.37. The smallest absolute Gasteiger partial charge is 0.228 e. The van der Waals surface area contributed by atoms with Crippen LogP contribution in [0.2, 0.25) is 0 Å². The molecule has 0 aromatic heterocycles. The Morgan fingerprint density at radius 1 is 1.44 bits per heavy atom. The van der Waals surface area contributed by atoms with Crippen LogP contribution < -0.4 is 9.64 Å². The van der Waals surface area contributed by atoms with Crippen LogP contribution in [0.1, 0.15) is 31.7 Å². The standard InChI is InChI=1S/C14H20ClNO2/c1-10(2)11-5-6-13(18-4)12(9-11)16(3)14(17)7-8-15/h5-6,9-10H,7-8H2,1-4H3. The summed E-state index contributed by atoms with van der Waals surface area (Å²) in [5.74, 6) is 1.43. The number of methoxy groups -OCH3 is 1. The highest BCUT2D eigenvalue weighted by molar-refractivity contribution is 6.19. The summed E-state index contributed by atoms with van der Waals surface area (Å²) in [6.45, 7) is 4.23. The fourth-order valence-corrected chi connectivity index (χ4v) is 1.87. The molecular formula is C14H20ClNO2. The summed E-state index contributed by atoms with van der Waals surface area (Å²) in [6.07, 6.45) is 0.327. The third kappa shape index (κ3) is 3.39. The number of anilines is 1. The number of carbonyl (C=O) groups is 1. The van der Waals surface area contributed by atoms with Gasteiger partial charge in [0.2, 0.25) is 5.91 Å². The number of halogens is 1. The van der Waals surface area contributed by atoms with Crippen molar-refractivity contribution in [2.45, 2.75) is 26.2 Å². The van der Waals surface area contributed by atoms with E-state index < -0.39 is 0 Å². The van der Waals surface area contributed by atoms with Crippen LogP contribution in [-0.4, -0.2) is 25.9 Å². The molecule has 0 heterocycles. The molecule has 0 unspecified atom stereocenters. The van der Waals surface area contributed by atoms with Gasteiger partial charge in [0.05, 0.1) is 12.8 Å². The number of benzene rings is 1. The van der Waals surface area contributed by atoms with Crippen LogP contribution in [0.15, 0.2) is 18.2 Å². The molecule has 0 radical (unpaired) electrons. The number of alkyl halides is 1. The predicted octanol–water partition coefficient (Wildman–Crippen LogP) is 3.41. The van der Waals surface area contributed by atoms with Crippen molar-refractivity contribution < 1.29 is 9.53 Å². The zero-order valence-electron chi connectivity index (χ0n) is 11.4. The van der Waals surface area contributed by atoms with Crippen molar-refractivity contribution >= 4 is 23.2 Å². The van der Waals surface area contributed by atoms with Gasteiger partial charge in [-0.25, -0.2) is 0 Å². The van der Waals surface area contributed by atoms with Gasteiger partial charge in [-0.2, -0.15) is 0 Å². The summed E-state index contributed by atoms with van der Waals surface area (Å²) < 4.78 is 5.30. The van der Waals surface area contributed by atoms with Gasteiger partial charge in [-0.05, 0) is 23.6 Å². The molecule has 0 fully saturated rings. The van der Waals surface area contributed by atoms with E-state index in [4.69, 9.17) is 16.3 Å². The van der Waals surface area contributed by atoms with Crippen LogP contribution in [0.5, 0.6) is 5.75 Å². The lowest BCUT2D eigenvalue weighted by Gasteiger charge is -2.21. The summed E-state index contributed by atoms with van der Waals surface area (Å²) in [5.41, 5.74) is 1.97. The maximum absolute atomic E-state index is 11.9.